The van der Waals surface area contributed by atoms with Gasteiger partial charge in [-0.25, -0.2) is 0 Å². The smallest absolute Gasteiger partial charge is 0.341 e. The molecule has 0 N–H and O–H groups in total. The molecule has 0 radical (unpaired) electrons. The number of nitrogens with zero attached hydrogens (tertiary/aromatic N) is 2. The Bertz CT molecular complexity index is 950. The van der Waals surface area contributed by atoms with Crippen molar-refractivity contribution in [1.29, 1.82) is 0 Å². The molecule has 0 aliphatic carbocycles. The second-order valence-corrected chi connectivity index (χ2v) is 7.42. The number of hydrogen-bond acceptors (Lipinski definition) is 6. The minimum Gasteiger partial charge on any atom is -0.376 e. The summed E-state index contributed by atoms with van der Waals surface area (Å²) in [5.41, 5.74) is 0.691. The van der Waals surface area contributed by atoms with Gasteiger partial charge in [0, 0.05) is 5.02 Å². The Balaban J connectivity index is 2.10. The summed E-state index contributed by atoms with van der Waals surface area (Å²) < 4.78 is 38.0. The van der Waals surface area contributed by atoms with Crippen LogP contribution < -0.4 is 4.18 Å². The van der Waals surface area contributed by atoms with Gasteiger partial charge in [-0.1, -0.05) is 40.9 Å². The Morgan fingerprint density at radius 3 is 2.41 bits per heavy atom. The van der Waals surface area contributed by atoms with Crippen molar-refractivity contribution in [3.05, 3.63) is 45.4 Å². The first kappa shape index (κ1) is 15.8. The van der Waals surface area contributed by atoms with Crippen LogP contribution in [0.15, 0.2) is 35.2 Å². The van der Waals surface area contributed by atoms with Crippen LogP contribution in [0.5, 0.6) is 5.75 Å². The predicted octanol–water partition coefficient (Wildman–Crippen LogP) is 4.42. The monoisotopic (exact) mass is 394 g/mol. The van der Waals surface area contributed by atoms with Crippen molar-refractivity contribution in [2.24, 2.45) is 0 Å². The maximum absolute atomic E-state index is 12.5. The summed E-state index contributed by atoms with van der Waals surface area (Å²) in [5, 5.41) is 0.250. The summed E-state index contributed by atoms with van der Waals surface area (Å²) in [7, 11) is -4.18. The molecule has 5 nitrogen and oxygen atoms in total. The van der Waals surface area contributed by atoms with Crippen LogP contribution in [0.4, 0.5) is 0 Å². The molecule has 1 aromatic heterocycles. The van der Waals surface area contributed by atoms with Gasteiger partial charge < -0.3 is 4.18 Å². The van der Waals surface area contributed by atoms with E-state index < -0.39 is 10.1 Å². The van der Waals surface area contributed by atoms with E-state index in [1.165, 1.54) is 18.2 Å². The molecule has 0 saturated heterocycles. The molecule has 3 rings (SSSR count). The largest absolute Gasteiger partial charge is 0.376 e. The van der Waals surface area contributed by atoms with Gasteiger partial charge in [-0.05, 0) is 24.3 Å². The zero-order valence-electron chi connectivity index (χ0n) is 10.5. The fourth-order valence-electron chi connectivity index (χ4n) is 1.75. The molecule has 3 aromatic rings. The highest BCUT2D eigenvalue weighted by atomic mass is 35.5. The first-order valence-electron chi connectivity index (χ1n) is 5.69. The minimum absolute atomic E-state index is 0.00958. The molecule has 114 valence electrons. The van der Waals surface area contributed by atoms with Gasteiger partial charge in [-0.2, -0.15) is 17.2 Å². The van der Waals surface area contributed by atoms with Crippen LogP contribution in [0.2, 0.25) is 15.1 Å². The third kappa shape index (κ3) is 2.87. The van der Waals surface area contributed by atoms with Crippen molar-refractivity contribution >= 4 is 67.7 Å². The van der Waals surface area contributed by atoms with Crippen molar-refractivity contribution in [1.82, 2.24) is 8.75 Å². The minimum atomic E-state index is -4.18. The lowest BCUT2D eigenvalue weighted by atomic mass is 10.3. The average molecular weight is 396 g/mol. The summed E-state index contributed by atoms with van der Waals surface area (Å²) in [5.74, 6) is -0.187. The van der Waals surface area contributed by atoms with Gasteiger partial charge in [0.25, 0.3) is 0 Å². The van der Waals surface area contributed by atoms with E-state index in [0.29, 0.717) is 5.52 Å². The first-order chi connectivity index (χ1) is 10.4. The molecule has 0 saturated carbocycles. The van der Waals surface area contributed by atoms with Crippen molar-refractivity contribution in [3.8, 4) is 5.75 Å². The molecular weight excluding hydrogens is 391 g/mol. The topological polar surface area (TPSA) is 69.2 Å². The zero-order chi connectivity index (χ0) is 15.9. The molecule has 10 heteroatoms. The molecule has 0 spiro atoms. The summed E-state index contributed by atoms with van der Waals surface area (Å²) in [6, 6.07) is 7.25. The SMILES string of the molecule is O=S(=O)(Oc1c(Cl)cc(Cl)cc1Cl)c1cccc2nsnc12. The molecule has 0 fully saturated rings. The highest BCUT2D eigenvalue weighted by Gasteiger charge is 2.24. The fourth-order valence-corrected chi connectivity index (χ4v) is 4.46. The van der Waals surface area contributed by atoms with Crippen LogP contribution in [0.3, 0.4) is 0 Å². The normalized spacial score (nSPS) is 11.8. The molecule has 0 amide bonds. The van der Waals surface area contributed by atoms with Crippen LogP contribution in [0.25, 0.3) is 11.0 Å². The number of rotatable bonds is 3. The molecule has 0 atom stereocenters. The summed E-state index contributed by atoms with van der Waals surface area (Å²) in [6.07, 6.45) is 0. The highest BCUT2D eigenvalue weighted by Crippen LogP contribution is 2.38. The Morgan fingerprint density at radius 2 is 1.73 bits per heavy atom. The Morgan fingerprint density at radius 1 is 1.05 bits per heavy atom. The molecule has 0 bridgehead atoms. The van der Waals surface area contributed by atoms with Crippen molar-refractivity contribution in [3.63, 3.8) is 0 Å². The number of aromatic nitrogens is 2. The van der Waals surface area contributed by atoms with Crippen LogP contribution in [-0.4, -0.2) is 17.2 Å². The standard InChI is InChI=1S/C12H5Cl3N2O3S2/c13-6-4-7(14)12(8(15)5-6)20-22(18,19)10-3-1-2-9-11(10)17-21-16-9/h1-5H. The summed E-state index contributed by atoms with van der Waals surface area (Å²) in [6.45, 7) is 0. The van der Waals surface area contributed by atoms with Crippen LogP contribution in [0, 0.1) is 0 Å². The first-order valence-corrected chi connectivity index (χ1v) is 8.96. The van der Waals surface area contributed by atoms with Crippen molar-refractivity contribution < 1.29 is 12.6 Å². The van der Waals surface area contributed by atoms with E-state index in [-0.39, 0.29) is 31.2 Å². The van der Waals surface area contributed by atoms with Gasteiger partial charge in [0.15, 0.2) is 5.75 Å². The van der Waals surface area contributed by atoms with Crippen LogP contribution in [0.1, 0.15) is 0 Å². The van der Waals surface area contributed by atoms with Gasteiger partial charge in [0.05, 0.1) is 21.8 Å². The van der Waals surface area contributed by atoms with Crippen LogP contribution in [-0.2, 0) is 10.1 Å². The van der Waals surface area contributed by atoms with E-state index in [4.69, 9.17) is 39.0 Å². The number of hydrogen-bond donors (Lipinski definition) is 0. The van der Waals surface area contributed by atoms with Crippen molar-refractivity contribution in [2.75, 3.05) is 0 Å². The lowest BCUT2D eigenvalue weighted by molar-refractivity contribution is 0.487. The molecule has 2 aromatic carbocycles. The number of halogens is 3. The van der Waals surface area contributed by atoms with E-state index >= 15 is 0 Å². The second-order valence-electron chi connectivity index (χ2n) is 4.12. The maximum atomic E-state index is 12.5. The van der Waals surface area contributed by atoms with Gasteiger partial charge >= 0.3 is 10.1 Å². The third-order valence-electron chi connectivity index (χ3n) is 2.67. The number of fused-ring (bicyclic) bond motifs is 1. The van der Waals surface area contributed by atoms with E-state index in [0.717, 1.165) is 11.7 Å². The number of benzene rings is 2. The third-order valence-corrected chi connectivity index (χ3v) is 5.25. The second kappa shape index (κ2) is 5.82. The Labute approximate surface area is 144 Å². The van der Waals surface area contributed by atoms with E-state index in [1.807, 2.05) is 0 Å². The van der Waals surface area contributed by atoms with Gasteiger partial charge in [0.2, 0.25) is 0 Å². The zero-order valence-corrected chi connectivity index (χ0v) is 14.4. The van der Waals surface area contributed by atoms with Crippen LogP contribution >= 0.6 is 46.5 Å². The highest BCUT2D eigenvalue weighted by molar-refractivity contribution is 7.87. The molecule has 22 heavy (non-hydrogen) atoms. The van der Waals surface area contributed by atoms with E-state index in [9.17, 15) is 8.42 Å². The maximum Gasteiger partial charge on any atom is 0.341 e. The molecule has 0 aliphatic rings. The van der Waals surface area contributed by atoms with E-state index in [1.54, 1.807) is 12.1 Å². The van der Waals surface area contributed by atoms with Crippen molar-refractivity contribution in [2.45, 2.75) is 4.90 Å². The van der Waals surface area contributed by atoms with E-state index in [2.05, 4.69) is 8.75 Å². The summed E-state index contributed by atoms with van der Waals surface area (Å²) >= 11 is 18.6. The lowest BCUT2D eigenvalue weighted by Gasteiger charge is -2.10. The molecular formula is C12H5Cl3N2O3S2. The average Bonchev–Trinajstić information content (AvgIpc) is 2.90. The molecule has 0 unspecified atom stereocenters. The molecule has 0 aliphatic heterocycles. The predicted molar refractivity (Wildman–Crippen MR) is 86.7 cm³/mol. The molecule has 1 heterocycles. The Hall–Kier alpha value is -1.12. The fraction of sp³-hybridized carbons (Fsp3) is 0. The van der Waals surface area contributed by atoms with Gasteiger partial charge in [-0.15, -0.1) is 0 Å². The van der Waals surface area contributed by atoms with Gasteiger partial charge in [-0.3, -0.25) is 0 Å². The quantitative estimate of drug-likeness (QED) is 0.614. The lowest BCUT2D eigenvalue weighted by Crippen LogP contribution is -2.11. The Kier molecular flexibility index (Phi) is 4.17. The summed E-state index contributed by atoms with van der Waals surface area (Å²) in [4.78, 5) is -0.110. The van der Waals surface area contributed by atoms with Gasteiger partial charge in [0.1, 0.15) is 15.9 Å².